The Morgan fingerprint density at radius 2 is 2.05 bits per heavy atom. The minimum atomic E-state index is -3.12. The minimum Gasteiger partial charge on any atom is -0.404 e. The Morgan fingerprint density at radius 3 is 2.57 bits per heavy atom. The van der Waals surface area contributed by atoms with Gasteiger partial charge in [0.25, 0.3) is 0 Å². The molecule has 116 valence electrons. The highest BCUT2D eigenvalue weighted by molar-refractivity contribution is 8.07. The lowest BCUT2D eigenvalue weighted by Crippen LogP contribution is -2.10. The van der Waals surface area contributed by atoms with E-state index in [0.717, 1.165) is 12.4 Å². The summed E-state index contributed by atoms with van der Waals surface area (Å²) in [5.74, 6) is -0.203. The van der Waals surface area contributed by atoms with Crippen LogP contribution in [-0.2, 0) is 25.9 Å². The maximum absolute atomic E-state index is 7.27. The third-order valence-electron chi connectivity index (χ3n) is 2.16. The van der Waals surface area contributed by atoms with E-state index in [-0.39, 0.29) is 11.7 Å². The van der Waals surface area contributed by atoms with Crippen LogP contribution in [0, 0.1) is 17.7 Å². The maximum atomic E-state index is 7.27. The van der Waals surface area contributed by atoms with Crippen molar-refractivity contribution in [2.24, 2.45) is 0 Å². The van der Waals surface area contributed by atoms with Crippen LogP contribution in [0.15, 0.2) is 6.07 Å². The number of aromatic nitrogens is 2. The van der Waals surface area contributed by atoms with Gasteiger partial charge in [0.15, 0.2) is 0 Å². The number of nitrogens with zero attached hydrogens (tertiary/aromatic N) is 2. The molecule has 1 unspecified atom stereocenters. The van der Waals surface area contributed by atoms with Crippen LogP contribution in [0.4, 0.5) is 0 Å². The van der Waals surface area contributed by atoms with E-state index in [1.165, 1.54) is 7.11 Å². The molecule has 0 fully saturated rings. The smallest absolute Gasteiger partial charge is 0.404 e. The molecular formula is C11H17N4O4PS. The third kappa shape index (κ3) is 5.22. The second-order valence-corrected chi connectivity index (χ2v) is 6.59. The average molecular weight is 332 g/mol. The van der Waals surface area contributed by atoms with Gasteiger partial charge in [0.2, 0.25) is 5.88 Å². The summed E-state index contributed by atoms with van der Waals surface area (Å²) in [6, 6.07) is 1.56. The Hall–Kier alpha value is -1.25. The molecule has 8 nitrogen and oxygen atoms in total. The van der Waals surface area contributed by atoms with Crippen LogP contribution in [0.1, 0.15) is 24.4 Å². The molecule has 0 aliphatic heterocycles. The molecule has 0 aliphatic carbocycles. The van der Waals surface area contributed by atoms with Crippen LogP contribution >= 0.6 is 6.72 Å². The van der Waals surface area contributed by atoms with E-state index in [0.29, 0.717) is 12.3 Å². The molecule has 2 N–H and O–H groups in total. The quantitative estimate of drug-likeness (QED) is 0.309. The van der Waals surface area contributed by atoms with Crippen LogP contribution in [-0.4, -0.2) is 36.1 Å². The predicted molar refractivity (Wildman–Crippen MR) is 81.7 cm³/mol. The molecule has 0 bridgehead atoms. The zero-order valence-electron chi connectivity index (χ0n) is 11.9. The number of hydrogen-bond acceptors (Lipinski definition) is 9. The van der Waals surface area contributed by atoms with Crippen molar-refractivity contribution >= 4 is 31.0 Å². The van der Waals surface area contributed by atoms with E-state index in [4.69, 9.17) is 36.3 Å². The first-order valence-corrected chi connectivity index (χ1v) is 8.57. The van der Waals surface area contributed by atoms with E-state index >= 15 is 0 Å². The fourth-order valence-electron chi connectivity index (χ4n) is 1.38. The Morgan fingerprint density at radius 1 is 1.38 bits per heavy atom. The Kier molecular flexibility index (Phi) is 7.00. The molecule has 21 heavy (non-hydrogen) atoms. The second kappa shape index (κ2) is 8.26. The van der Waals surface area contributed by atoms with Crippen molar-refractivity contribution in [3.63, 3.8) is 0 Å². The van der Waals surface area contributed by atoms with Crippen molar-refractivity contribution in [1.29, 1.82) is 10.8 Å². The van der Waals surface area contributed by atoms with Gasteiger partial charge in [-0.15, -0.1) is 4.67 Å². The summed E-state index contributed by atoms with van der Waals surface area (Å²) in [6.07, 6.45) is 2.13. The van der Waals surface area contributed by atoms with Crippen LogP contribution in [0.5, 0.6) is 5.88 Å². The van der Waals surface area contributed by atoms with Crippen molar-refractivity contribution in [2.75, 3.05) is 13.7 Å². The highest BCUT2D eigenvalue weighted by atomic mass is 32.5. The van der Waals surface area contributed by atoms with Crippen molar-refractivity contribution in [3.05, 3.63) is 17.6 Å². The number of aryl methyl sites for hydroxylation is 1. The van der Waals surface area contributed by atoms with Gasteiger partial charge in [-0.3, -0.25) is 4.52 Å². The molecule has 0 saturated carbocycles. The lowest BCUT2D eigenvalue weighted by Gasteiger charge is -2.19. The van der Waals surface area contributed by atoms with Crippen molar-refractivity contribution in [2.45, 2.75) is 19.8 Å². The molecule has 0 radical (unpaired) electrons. The topological polar surface area (TPSA) is 110 Å². The lowest BCUT2D eigenvalue weighted by atomic mass is 10.2. The molecule has 0 aromatic carbocycles. The zero-order chi connectivity index (χ0) is 15.9. The Labute approximate surface area is 128 Å². The summed E-state index contributed by atoms with van der Waals surface area (Å²) < 4.78 is 15.7. The van der Waals surface area contributed by atoms with Gasteiger partial charge in [-0.25, -0.2) is 9.87 Å². The number of hydrogen-bond donors (Lipinski definition) is 2. The molecule has 1 heterocycles. The second-order valence-electron chi connectivity index (χ2n) is 3.76. The Bertz CT molecular complexity index is 539. The van der Waals surface area contributed by atoms with Gasteiger partial charge in [-0.1, -0.05) is 0 Å². The SMILES string of the molecule is CCOP(=S)(OOC)Oc1cc(C)nc(C(C=N)C=N)n1. The van der Waals surface area contributed by atoms with Gasteiger partial charge in [-0.05, 0) is 13.8 Å². The number of rotatable bonds is 9. The summed E-state index contributed by atoms with van der Waals surface area (Å²) in [4.78, 5) is 12.9. The molecule has 1 aromatic heterocycles. The molecule has 0 aliphatic rings. The van der Waals surface area contributed by atoms with Gasteiger partial charge >= 0.3 is 6.72 Å². The first-order chi connectivity index (χ1) is 9.97. The van der Waals surface area contributed by atoms with Gasteiger partial charge in [0.1, 0.15) is 5.82 Å². The summed E-state index contributed by atoms with van der Waals surface area (Å²) in [6.45, 7) is 0.662. The molecule has 0 amide bonds. The molecule has 1 aromatic rings. The lowest BCUT2D eigenvalue weighted by molar-refractivity contribution is -0.187. The Balaban J connectivity index is 3.09. The van der Waals surface area contributed by atoms with Gasteiger partial charge in [-0.2, -0.15) is 4.98 Å². The molecule has 10 heteroatoms. The van der Waals surface area contributed by atoms with Crippen molar-refractivity contribution in [1.82, 2.24) is 9.97 Å². The molecule has 0 saturated heterocycles. The van der Waals surface area contributed by atoms with Crippen LogP contribution in [0.2, 0.25) is 0 Å². The first kappa shape index (κ1) is 17.8. The first-order valence-electron chi connectivity index (χ1n) is 6.01. The van der Waals surface area contributed by atoms with E-state index in [9.17, 15) is 0 Å². The highest BCUT2D eigenvalue weighted by Gasteiger charge is 2.25. The number of nitrogens with one attached hydrogen (secondary N) is 2. The van der Waals surface area contributed by atoms with E-state index in [2.05, 4.69) is 14.9 Å². The minimum absolute atomic E-state index is 0.153. The standard InChI is InChI=1S/C11H17N4O4PS/c1-4-17-20(21,19-16-3)18-10-5-8(2)14-11(15-10)9(6-12)7-13/h5-7,9,12-13H,4H2,1-3H3. The third-order valence-corrected chi connectivity index (χ3v) is 4.20. The van der Waals surface area contributed by atoms with Crippen molar-refractivity contribution in [3.8, 4) is 5.88 Å². The van der Waals surface area contributed by atoms with Gasteiger partial charge < -0.3 is 15.3 Å². The molecular weight excluding hydrogens is 315 g/mol. The molecule has 1 atom stereocenters. The van der Waals surface area contributed by atoms with E-state index < -0.39 is 12.6 Å². The summed E-state index contributed by atoms with van der Waals surface area (Å²) in [5.41, 5.74) is 0.610. The van der Waals surface area contributed by atoms with Crippen LogP contribution in [0.25, 0.3) is 0 Å². The van der Waals surface area contributed by atoms with Crippen LogP contribution in [0.3, 0.4) is 0 Å². The van der Waals surface area contributed by atoms with E-state index in [1.54, 1.807) is 19.9 Å². The average Bonchev–Trinajstić information content (AvgIpc) is 2.39. The van der Waals surface area contributed by atoms with Crippen molar-refractivity contribution < 1.29 is 18.6 Å². The van der Waals surface area contributed by atoms with Gasteiger partial charge in [0.05, 0.1) is 19.6 Å². The van der Waals surface area contributed by atoms with Gasteiger partial charge in [0, 0.05) is 36.0 Å². The summed E-state index contributed by atoms with van der Waals surface area (Å²) in [5, 5.41) is 14.5. The van der Waals surface area contributed by atoms with Crippen LogP contribution < -0.4 is 4.52 Å². The largest absolute Gasteiger partial charge is 0.409 e. The fraction of sp³-hybridized carbons (Fsp3) is 0.455. The zero-order valence-corrected chi connectivity index (χ0v) is 13.6. The normalized spacial score (nSPS) is 15.0. The fourth-order valence-corrected chi connectivity index (χ4v) is 3.06. The predicted octanol–water partition coefficient (Wildman–Crippen LogP) is 2.39. The molecule has 1 rings (SSSR count). The van der Waals surface area contributed by atoms with E-state index in [1.807, 2.05) is 0 Å². The highest BCUT2D eigenvalue weighted by Crippen LogP contribution is 2.49. The summed E-state index contributed by atoms with van der Waals surface area (Å²) in [7, 11) is 1.31. The maximum Gasteiger partial charge on any atom is 0.409 e. The monoisotopic (exact) mass is 332 g/mol. The molecule has 0 spiro atoms. The summed E-state index contributed by atoms with van der Waals surface area (Å²) >= 11 is 5.16.